The Bertz CT molecular complexity index is 265. The van der Waals surface area contributed by atoms with Gasteiger partial charge in [0.2, 0.25) is 5.91 Å². The number of hydrogen-bond acceptors (Lipinski definition) is 2. The van der Waals surface area contributed by atoms with Gasteiger partial charge in [0.05, 0.1) is 0 Å². The maximum atomic E-state index is 11.6. The van der Waals surface area contributed by atoms with E-state index in [1.165, 1.54) is 6.42 Å². The summed E-state index contributed by atoms with van der Waals surface area (Å²) in [5, 5.41) is 11.6. The summed E-state index contributed by atoms with van der Waals surface area (Å²) in [6.45, 7) is 3.99. The molecule has 3 unspecified atom stereocenters. The molecule has 16 heavy (non-hydrogen) atoms. The number of amides is 1. The van der Waals surface area contributed by atoms with E-state index in [0.29, 0.717) is 18.4 Å². The van der Waals surface area contributed by atoms with Gasteiger partial charge in [-0.1, -0.05) is 13.8 Å². The Balaban J connectivity index is 2.22. The van der Waals surface area contributed by atoms with E-state index in [2.05, 4.69) is 12.2 Å². The second-order valence-electron chi connectivity index (χ2n) is 5.09. The number of carboxylic acids is 1. The van der Waals surface area contributed by atoms with E-state index in [9.17, 15) is 9.59 Å². The molecular weight excluding hydrogens is 206 g/mol. The predicted molar refractivity (Wildman–Crippen MR) is 61.0 cm³/mol. The Morgan fingerprint density at radius 2 is 2.06 bits per heavy atom. The molecule has 0 radical (unpaired) electrons. The molecule has 3 atom stereocenters. The van der Waals surface area contributed by atoms with Gasteiger partial charge in [-0.05, 0) is 31.1 Å². The number of carbonyl (C=O) groups is 2. The summed E-state index contributed by atoms with van der Waals surface area (Å²) < 4.78 is 0. The Hall–Kier alpha value is -1.06. The molecule has 0 heterocycles. The van der Waals surface area contributed by atoms with Crippen LogP contribution in [0.1, 0.15) is 46.0 Å². The van der Waals surface area contributed by atoms with Crippen molar-refractivity contribution in [2.24, 2.45) is 11.8 Å². The Labute approximate surface area is 96.4 Å². The number of nitrogens with one attached hydrogen (secondary N) is 1. The molecule has 1 aliphatic carbocycles. The molecule has 1 amide bonds. The fourth-order valence-corrected chi connectivity index (χ4v) is 2.31. The van der Waals surface area contributed by atoms with Crippen LogP contribution in [-0.2, 0) is 9.59 Å². The predicted octanol–water partition coefficient (Wildman–Crippen LogP) is 1.79. The molecule has 2 N–H and O–H groups in total. The molecule has 0 bridgehead atoms. The third-order valence-electron chi connectivity index (χ3n) is 3.12. The smallest absolute Gasteiger partial charge is 0.303 e. The highest BCUT2D eigenvalue weighted by molar-refractivity contribution is 5.77. The first kappa shape index (κ1) is 13.0. The number of carboxylic acid groups (broad SMARTS) is 1. The first-order chi connectivity index (χ1) is 7.47. The monoisotopic (exact) mass is 227 g/mol. The molecule has 0 aromatic carbocycles. The molecule has 4 heteroatoms. The molecule has 0 aromatic heterocycles. The average molecular weight is 227 g/mol. The van der Waals surface area contributed by atoms with Gasteiger partial charge in [0, 0.05) is 18.9 Å². The number of hydrogen-bond donors (Lipinski definition) is 2. The zero-order valence-corrected chi connectivity index (χ0v) is 10.0. The van der Waals surface area contributed by atoms with Gasteiger partial charge in [-0.15, -0.1) is 0 Å². The van der Waals surface area contributed by atoms with Crippen molar-refractivity contribution in [1.82, 2.24) is 5.32 Å². The first-order valence-corrected chi connectivity index (χ1v) is 5.98. The van der Waals surface area contributed by atoms with Gasteiger partial charge in [0.15, 0.2) is 0 Å². The lowest BCUT2D eigenvalue weighted by Gasteiger charge is -2.14. The topological polar surface area (TPSA) is 66.4 Å². The van der Waals surface area contributed by atoms with Crippen LogP contribution in [0.5, 0.6) is 0 Å². The van der Waals surface area contributed by atoms with Crippen LogP contribution >= 0.6 is 0 Å². The molecule has 1 fully saturated rings. The Kier molecular flexibility index (Phi) is 4.77. The second-order valence-corrected chi connectivity index (χ2v) is 5.09. The molecule has 0 aliphatic heterocycles. The van der Waals surface area contributed by atoms with Crippen molar-refractivity contribution in [2.45, 2.75) is 52.0 Å². The quantitative estimate of drug-likeness (QED) is 0.752. The third kappa shape index (κ3) is 4.64. The molecule has 0 aromatic rings. The Morgan fingerprint density at radius 1 is 1.38 bits per heavy atom. The Morgan fingerprint density at radius 3 is 2.56 bits per heavy atom. The standard InChI is InChI=1S/C12H21NO3/c1-8-3-4-10(5-8)13-11(14)6-9(2)7-12(15)16/h8-10H,3-7H2,1-2H3,(H,13,14)(H,15,16). The summed E-state index contributed by atoms with van der Waals surface area (Å²) in [7, 11) is 0. The molecule has 1 aliphatic rings. The zero-order chi connectivity index (χ0) is 12.1. The summed E-state index contributed by atoms with van der Waals surface area (Å²) in [6, 6.07) is 0.305. The van der Waals surface area contributed by atoms with Crippen molar-refractivity contribution < 1.29 is 14.7 Å². The minimum Gasteiger partial charge on any atom is -0.481 e. The van der Waals surface area contributed by atoms with E-state index in [1.807, 2.05) is 0 Å². The van der Waals surface area contributed by atoms with Gasteiger partial charge >= 0.3 is 5.97 Å². The molecular formula is C12H21NO3. The lowest BCUT2D eigenvalue weighted by atomic mass is 10.0. The van der Waals surface area contributed by atoms with Crippen molar-refractivity contribution in [1.29, 1.82) is 0 Å². The van der Waals surface area contributed by atoms with E-state index in [0.717, 1.165) is 12.8 Å². The first-order valence-electron chi connectivity index (χ1n) is 5.98. The van der Waals surface area contributed by atoms with E-state index in [4.69, 9.17) is 5.11 Å². The SMILES string of the molecule is CC(CC(=O)O)CC(=O)NC1CCC(C)C1. The van der Waals surface area contributed by atoms with E-state index in [-0.39, 0.29) is 18.2 Å². The van der Waals surface area contributed by atoms with Crippen LogP contribution in [0.3, 0.4) is 0 Å². The van der Waals surface area contributed by atoms with Crippen LogP contribution in [-0.4, -0.2) is 23.0 Å². The van der Waals surface area contributed by atoms with Gasteiger partial charge in [-0.3, -0.25) is 9.59 Å². The van der Waals surface area contributed by atoms with Crippen LogP contribution in [0.4, 0.5) is 0 Å². The van der Waals surface area contributed by atoms with E-state index >= 15 is 0 Å². The van der Waals surface area contributed by atoms with Crippen molar-refractivity contribution in [3.8, 4) is 0 Å². The van der Waals surface area contributed by atoms with Gasteiger partial charge in [0.25, 0.3) is 0 Å². The normalized spacial score (nSPS) is 26.4. The molecule has 0 spiro atoms. The molecule has 0 saturated heterocycles. The third-order valence-corrected chi connectivity index (χ3v) is 3.12. The lowest BCUT2D eigenvalue weighted by Crippen LogP contribution is -2.34. The summed E-state index contributed by atoms with van der Waals surface area (Å²) in [5.74, 6) is -0.235. The van der Waals surface area contributed by atoms with Crippen molar-refractivity contribution in [2.75, 3.05) is 0 Å². The van der Waals surface area contributed by atoms with Crippen LogP contribution < -0.4 is 5.32 Å². The van der Waals surface area contributed by atoms with E-state index < -0.39 is 5.97 Å². The minimum atomic E-state index is -0.838. The second kappa shape index (κ2) is 5.87. The largest absolute Gasteiger partial charge is 0.481 e. The highest BCUT2D eigenvalue weighted by atomic mass is 16.4. The molecule has 1 saturated carbocycles. The summed E-state index contributed by atoms with van der Waals surface area (Å²) in [6.07, 6.45) is 3.67. The zero-order valence-electron chi connectivity index (χ0n) is 10.0. The van der Waals surface area contributed by atoms with Crippen LogP contribution in [0, 0.1) is 11.8 Å². The number of aliphatic carboxylic acids is 1. The average Bonchev–Trinajstić information content (AvgIpc) is 2.48. The maximum absolute atomic E-state index is 11.6. The van der Waals surface area contributed by atoms with Crippen LogP contribution in [0.25, 0.3) is 0 Å². The summed E-state index contributed by atoms with van der Waals surface area (Å²) in [4.78, 5) is 22.0. The van der Waals surface area contributed by atoms with Crippen molar-refractivity contribution >= 4 is 11.9 Å². The minimum absolute atomic E-state index is 0.00662. The fraction of sp³-hybridized carbons (Fsp3) is 0.833. The molecule has 92 valence electrons. The fourth-order valence-electron chi connectivity index (χ4n) is 2.31. The molecule has 4 nitrogen and oxygen atoms in total. The van der Waals surface area contributed by atoms with Gasteiger partial charge in [-0.2, -0.15) is 0 Å². The summed E-state index contributed by atoms with van der Waals surface area (Å²) >= 11 is 0. The van der Waals surface area contributed by atoms with E-state index in [1.54, 1.807) is 6.92 Å². The maximum Gasteiger partial charge on any atom is 0.303 e. The highest BCUT2D eigenvalue weighted by Gasteiger charge is 2.23. The number of carbonyl (C=O) groups excluding carboxylic acids is 1. The van der Waals surface area contributed by atoms with Crippen molar-refractivity contribution in [3.63, 3.8) is 0 Å². The lowest BCUT2D eigenvalue weighted by molar-refractivity contribution is -0.138. The summed E-state index contributed by atoms with van der Waals surface area (Å²) in [5.41, 5.74) is 0. The highest BCUT2D eigenvalue weighted by Crippen LogP contribution is 2.24. The van der Waals surface area contributed by atoms with Gasteiger partial charge in [-0.25, -0.2) is 0 Å². The number of rotatable bonds is 5. The van der Waals surface area contributed by atoms with Crippen LogP contribution in [0.2, 0.25) is 0 Å². The molecule has 1 rings (SSSR count). The van der Waals surface area contributed by atoms with Gasteiger partial charge in [0.1, 0.15) is 0 Å². The van der Waals surface area contributed by atoms with Gasteiger partial charge < -0.3 is 10.4 Å². The van der Waals surface area contributed by atoms with Crippen molar-refractivity contribution in [3.05, 3.63) is 0 Å². The van der Waals surface area contributed by atoms with Crippen LogP contribution in [0.15, 0.2) is 0 Å².